The molecule has 8 aromatic heterocycles. The molecule has 0 unspecified atom stereocenters. The molecule has 34 nitrogen and oxygen atoms in total. The monoisotopic (exact) mass is 1820 g/mol. The molecule has 34 heteroatoms. The molecule has 0 saturated carbocycles. The summed E-state index contributed by atoms with van der Waals surface area (Å²) in [5, 5.41) is 18.9. The van der Waals surface area contributed by atoms with Crippen molar-refractivity contribution < 1.29 is 28.7 Å². The molecule has 136 heavy (non-hydrogen) atoms. The van der Waals surface area contributed by atoms with Gasteiger partial charge in [0.25, 0.3) is 0 Å². The maximum absolute atomic E-state index is 13.2. The van der Waals surface area contributed by atoms with Crippen LogP contribution in [-0.2, 0) is 51.8 Å². The Bertz CT molecular complexity index is 6540. The molecule has 4 aliphatic rings. The minimum Gasteiger partial charge on any atom is -0.497 e. The third-order valence-electron chi connectivity index (χ3n) is 23.5. The Labute approximate surface area is 787 Å². The zero-order chi connectivity index (χ0) is 93.3. The molecule has 0 bridgehead atoms. The van der Waals surface area contributed by atoms with Crippen molar-refractivity contribution in [1.29, 1.82) is 0 Å². The van der Waals surface area contributed by atoms with Gasteiger partial charge >= 0.3 is 0 Å². The average Bonchev–Trinajstić information content (AvgIpc) is 1.67. The van der Waals surface area contributed by atoms with E-state index in [1.165, 1.54) is 11.1 Å². The fraction of sp³-hybridized carbons (Fsp3) is 0.255. The van der Waals surface area contributed by atoms with E-state index in [-0.39, 0.29) is 49.8 Å². The lowest BCUT2D eigenvalue weighted by Crippen LogP contribution is -2.50. The van der Waals surface area contributed by atoms with Crippen LogP contribution in [0.2, 0.25) is 0 Å². The molecule has 0 radical (unpaired) electrons. The number of anilines is 4. The zero-order valence-corrected chi connectivity index (χ0v) is 76.2. The maximum Gasteiger partial charge on any atom is 0.244 e. The number of methoxy groups -OCH3 is 1. The van der Waals surface area contributed by atoms with E-state index in [1.807, 2.05) is 240 Å². The van der Waals surface area contributed by atoms with Gasteiger partial charge in [0.2, 0.25) is 47.4 Å². The third kappa shape index (κ3) is 23.1. The predicted octanol–water partition coefficient (Wildman–Crippen LogP) is 12.3. The first-order chi connectivity index (χ1) is 66.8. The van der Waals surface area contributed by atoms with Crippen LogP contribution in [0.4, 0.5) is 23.8 Å². The number of benzene rings is 8. The van der Waals surface area contributed by atoms with Gasteiger partial charge < -0.3 is 48.7 Å². The predicted molar refractivity (Wildman–Crippen MR) is 519 cm³/mol. The van der Waals surface area contributed by atoms with E-state index in [1.54, 1.807) is 99.7 Å². The van der Waals surface area contributed by atoms with Crippen molar-refractivity contribution in [2.45, 2.75) is 53.4 Å². The molecule has 0 spiro atoms. The molecule has 4 aliphatic heterocycles. The topological polar surface area (TPSA) is 339 Å². The highest BCUT2D eigenvalue weighted by Gasteiger charge is 2.31. The molecular weight excluding hydrogens is 1710 g/mol. The van der Waals surface area contributed by atoms with E-state index in [0.29, 0.717) is 182 Å². The van der Waals surface area contributed by atoms with E-state index < -0.39 is 0 Å². The summed E-state index contributed by atoms with van der Waals surface area (Å²) in [5.41, 5.74) is 9.70. The number of rotatable bonds is 24. The number of aromatic nitrogens is 20. The third-order valence-corrected chi connectivity index (χ3v) is 23.5. The summed E-state index contributed by atoms with van der Waals surface area (Å²) < 4.78 is 17.7. The highest BCUT2D eigenvalue weighted by Crippen LogP contribution is 2.31. The quantitative estimate of drug-likeness (QED) is 0.0542. The Morgan fingerprint density at radius 3 is 0.816 bits per heavy atom. The number of hydrogen-bond acceptors (Lipinski definition) is 26. The second-order valence-corrected chi connectivity index (χ2v) is 32.4. The Kier molecular flexibility index (Phi) is 29.8. The smallest absolute Gasteiger partial charge is 0.244 e. The van der Waals surface area contributed by atoms with Crippen molar-refractivity contribution in [3.63, 3.8) is 0 Å². The van der Waals surface area contributed by atoms with E-state index >= 15 is 0 Å². The normalized spacial score (nSPS) is 13.7. The Morgan fingerprint density at radius 2 is 0.544 bits per heavy atom. The van der Waals surface area contributed by atoms with Crippen LogP contribution >= 0.6 is 0 Å². The summed E-state index contributed by atoms with van der Waals surface area (Å²) >= 11 is 0. The summed E-state index contributed by atoms with van der Waals surface area (Å²) in [4.78, 5) is 122. The van der Waals surface area contributed by atoms with Gasteiger partial charge in [0.05, 0.1) is 13.7 Å². The number of nitrogens with zero attached hydrogens (tertiary/aromatic N) is 28. The molecule has 4 fully saturated rings. The van der Waals surface area contributed by atoms with Gasteiger partial charge in [-0.2, -0.15) is 0 Å². The number of carbonyl (C=O) groups excluding carboxylic acids is 4. The molecule has 688 valence electrons. The van der Waals surface area contributed by atoms with Gasteiger partial charge in [0.1, 0.15) is 37.7 Å². The molecular formula is C102H104N28O6. The standard InChI is InChI=1S/C26H27N7O2.C26H27N7O.C25H25N7O2.C25H25N7O/c1-2-35-22-11-9-20(10-12-22)24-29-25(21-7-4-3-5-8-21)33(30-24)19-23(34)31-15-17-32(18-16-31)26-27-13-6-14-28-26;1-2-20-9-11-21(12-10-20)24-29-25(22-7-4-3-5-8-22)33(30-24)19-23(34)31-15-17-32(18-16-31)26-27-13-6-14-28-26;1-34-21-10-5-9-20(17-21)23-28-24(19-7-3-2-4-8-19)32(29-23)18-22(33)30-13-15-31(16-14-30)25-26-11-6-12-27-25;1-19-8-10-20(11-9-19)23-28-24(21-6-3-2-4-7-21)32(29-23)18-22(33)30-14-16-31(17-15-30)25-26-12-5-13-27-25/h3-14H,2,15-19H2,1H3;3-14H,2,15-19H2,1H3;2-12,17H,13-16,18H2,1H3;2-13H,14-18H2,1H3. The van der Waals surface area contributed by atoms with Gasteiger partial charge in [-0.05, 0) is 86.5 Å². The SMILES string of the molecule is CCOc1ccc(-c2nc(-c3ccccc3)n(CC(=O)N3CCN(c4ncccn4)CC3)n2)cc1.CCc1ccc(-c2nc(-c3ccccc3)n(CC(=O)N3CCN(c4ncccn4)CC3)n2)cc1.COc1cccc(-c2nc(-c3ccccc3)n(CC(=O)N3CCN(c4ncccn4)CC3)n2)c1.Cc1ccc(-c2nc(-c3ccccc3)n(CC(=O)N3CCN(c4ncccn4)CC3)n2)cc1. The molecule has 4 amide bonds. The molecule has 8 aromatic carbocycles. The van der Waals surface area contributed by atoms with Crippen LogP contribution in [0.5, 0.6) is 11.5 Å². The maximum atomic E-state index is 13.2. The highest BCUT2D eigenvalue weighted by atomic mass is 16.5. The van der Waals surface area contributed by atoms with Crippen molar-refractivity contribution in [2.24, 2.45) is 0 Å². The number of aryl methyl sites for hydroxylation is 2. The van der Waals surface area contributed by atoms with E-state index in [0.717, 1.165) is 62.4 Å². The molecule has 20 rings (SSSR count). The summed E-state index contributed by atoms with van der Waals surface area (Å²) in [6, 6.07) is 78.3. The van der Waals surface area contributed by atoms with Crippen LogP contribution in [-0.4, -0.2) is 261 Å². The number of hydrogen-bond donors (Lipinski definition) is 0. The largest absolute Gasteiger partial charge is 0.497 e. The first kappa shape index (κ1) is 91.2. The zero-order valence-electron chi connectivity index (χ0n) is 76.2. The van der Waals surface area contributed by atoms with Crippen molar-refractivity contribution in [2.75, 3.05) is 138 Å². The van der Waals surface area contributed by atoms with Gasteiger partial charge in [0, 0.05) is 199 Å². The first-order valence-corrected chi connectivity index (χ1v) is 45.5. The van der Waals surface area contributed by atoms with E-state index in [4.69, 9.17) is 49.8 Å². The molecule has 0 atom stereocenters. The van der Waals surface area contributed by atoms with Gasteiger partial charge in [-0.25, -0.2) is 78.5 Å². The summed E-state index contributed by atoms with van der Waals surface area (Å²) in [5.74, 6) is 9.49. The molecule has 4 saturated heterocycles. The molecule has 0 N–H and O–H groups in total. The van der Waals surface area contributed by atoms with Gasteiger partial charge in [-0.1, -0.05) is 194 Å². The minimum atomic E-state index is 0.00732. The number of piperazine rings is 4. The fourth-order valence-electron chi connectivity index (χ4n) is 16.1. The van der Waals surface area contributed by atoms with Crippen LogP contribution in [0.25, 0.3) is 91.1 Å². The van der Waals surface area contributed by atoms with Crippen LogP contribution in [0.1, 0.15) is 25.0 Å². The van der Waals surface area contributed by atoms with Crippen LogP contribution in [0, 0.1) is 6.92 Å². The summed E-state index contributed by atoms with van der Waals surface area (Å²) in [6.07, 6.45) is 14.9. The number of carbonyl (C=O) groups is 4. The Morgan fingerprint density at radius 1 is 0.279 bits per heavy atom. The number of amides is 4. The highest BCUT2D eigenvalue weighted by molar-refractivity contribution is 5.80. The Balaban J connectivity index is 0.000000126. The molecule has 16 aromatic rings. The van der Waals surface area contributed by atoms with Gasteiger partial charge in [0.15, 0.2) is 46.6 Å². The molecule has 0 aliphatic carbocycles. The number of ether oxygens (including phenoxy) is 2. The fourth-order valence-corrected chi connectivity index (χ4v) is 16.1. The second-order valence-electron chi connectivity index (χ2n) is 32.4. The van der Waals surface area contributed by atoms with Crippen molar-refractivity contribution in [3.05, 3.63) is 303 Å². The van der Waals surface area contributed by atoms with E-state index in [2.05, 4.69) is 78.5 Å². The van der Waals surface area contributed by atoms with Crippen molar-refractivity contribution in [3.8, 4) is 103 Å². The van der Waals surface area contributed by atoms with E-state index in [9.17, 15) is 19.2 Å². The van der Waals surface area contributed by atoms with Gasteiger partial charge in [-0.15, -0.1) is 20.4 Å². The van der Waals surface area contributed by atoms with Gasteiger partial charge in [-0.3, -0.25) is 19.2 Å². The summed E-state index contributed by atoms with van der Waals surface area (Å²) in [6.45, 7) is 17.8. The lowest BCUT2D eigenvalue weighted by Gasteiger charge is -2.34. The van der Waals surface area contributed by atoms with Crippen molar-refractivity contribution >= 4 is 47.4 Å². The first-order valence-electron chi connectivity index (χ1n) is 45.5. The lowest BCUT2D eigenvalue weighted by atomic mass is 10.1. The van der Waals surface area contributed by atoms with Crippen LogP contribution in [0.3, 0.4) is 0 Å². The summed E-state index contributed by atoms with van der Waals surface area (Å²) in [7, 11) is 1.63. The molecule has 12 heterocycles. The minimum absolute atomic E-state index is 0.00732. The van der Waals surface area contributed by atoms with Crippen molar-refractivity contribution in [1.82, 2.24) is 119 Å². The van der Waals surface area contributed by atoms with Crippen LogP contribution < -0.4 is 29.1 Å². The second kappa shape index (κ2) is 44.5. The lowest BCUT2D eigenvalue weighted by molar-refractivity contribution is -0.133. The average molecular weight is 1820 g/mol. The Hall–Kier alpha value is -16.7. The van der Waals surface area contributed by atoms with Crippen LogP contribution in [0.15, 0.2) is 292 Å².